The van der Waals surface area contributed by atoms with Gasteiger partial charge in [-0.3, -0.25) is 0 Å². The summed E-state index contributed by atoms with van der Waals surface area (Å²) in [6.45, 7) is 6.45. The van der Waals surface area contributed by atoms with Crippen LogP contribution in [0.2, 0.25) is 0 Å². The summed E-state index contributed by atoms with van der Waals surface area (Å²) >= 11 is 5.30. The first-order valence-corrected chi connectivity index (χ1v) is 8.94. The molecule has 0 bridgehead atoms. The van der Waals surface area contributed by atoms with E-state index in [0.717, 1.165) is 11.3 Å². The molecule has 3 aromatic rings. The second kappa shape index (κ2) is 8.18. The first kappa shape index (κ1) is 18.8. The second-order valence-corrected chi connectivity index (χ2v) is 6.67. The average molecular weight is 382 g/mol. The highest BCUT2D eigenvalue weighted by molar-refractivity contribution is 7.71. The first-order valence-electron chi connectivity index (χ1n) is 8.53. The highest BCUT2D eigenvalue weighted by Crippen LogP contribution is 2.20. The van der Waals surface area contributed by atoms with Crippen molar-refractivity contribution in [2.75, 3.05) is 7.11 Å². The molecular formula is C20H22N4O2S. The van der Waals surface area contributed by atoms with Crippen LogP contribution in [-0.2, 0) is 6.61 Å². The number of hydrogen-bond donors (Lipinski definition) is 1. The predicted octanol–water partition coefficient (Wildman–Crippen LogP) is 4.34. The quantitative estimate of drug-likeness (QED) is 0.509. The number of aryl methyl sites for hydroxylation is 3. The Hall–Kier alpha value is -2.93. The summed E-state index contributed by atoms with van der Waals surface area (Å²) in [6, 6.07) is 11.7. The van der Waals surface area contributed by atoms with Crippen molar-refractivity contribution >= 4 is 18.4 Å². The number of methoxy groups -OCH3 is 1. The van der Waals surface area contributed by atoms with Gasteiger partial charge in [-0.15, -0.1) is 0 Å². The fourth-order valence-corrected chi connectivity index (χ4v) is 3.08. The maximum atomic E-state index is 5.80. The highest BCUT2D eigenvalue weighted by atomic mass is 32.1. The predicted molar refractivity (Wildman–Crippen MR) is 108 cm³/mol. The highest BCUT2D eigenvalue weighted by Gasteiger charge is 2.08. The molecule has 1 N–H and O–H groups in total. The van der Waals surface area contributed by atoms with Crippen LogP contribution in [0.4, 0.5) is 0 Å². The van der Waals surface area contributed by atoms with Crippen LogP contribution in [0.25, 0.3) is 0 Å². The normalized spacial score (nSPS) is 11.1. The molecule has 0 saturated carbocycles. The average Bonchev–Trinajstić information content (AvgIpc) is 2.99. The minimum atomic E-state index is 0.226. The Morgan fingerprint density at radius 2 is 1.85 bits per heavy atom. The molecule has 0 aliphatic carbocycles. The van der Waals surface area contributed by atoms with Crippen molar-refractivity contribution in [2.45, 2.75) is 27.4 Å². The van der Waals surface area contributed by atoms with Gasteiger partial charge >= 0.3 is 0 Å². The third-order valence-corrected chi connectivity index (χ3v) is 4.43. The lowest BCUT2D eigenvalue weighted by atomic mass is 10.0. The van der Waals surface area contributed by atoms with Crippen LogP contribution in [0, 0.1) is 25.5 Å². The van der Waals surface area contributed by atoms with Crippen LogP contribution in [0.1, 0.15) is 28.1 Å². The van der Waals surface area contributed by atoms with Crippen LogP contribution in [0.15, 0.2) is 41.5 Å². The van der Waals surface area contributed by atoms with Gasteiger partial charge in [0.15, 0.2) is 5.82 Å². The van der Waals surface area contributed by atoms with Gasteiger partial charge in [0.05, 0.1) is 13.3 Å². The van der Waals surface area contributed by atoms with E-state index in [2.05, 4.69) is 48.2 Å². The zero-order chi connectivity index (χ0) is 19.4. The van der Waals surface area contributed by atoms with Gasteiger partial charge in [0, 0.05) is 11.6 Å². The minimum absolute atomic E-state index is 0.226. The summed E-state index contributed by atoms with van der Waals surface area (Å²) < 4.78 is 13.0. The Labute approximate surface area is 163 Å². The molecule has 6 nitrogen and oxygen atoms in total. The van der Waals surface area contributed by atoms with Crippen molar-refractivity contribution in [3.8, 4) is 11.5 Å². The summed E-state index contributed by atoms with van der Waals surface area (Å²) in [6.07, 6.45) is 1.81. The molecule has 2 aromatic carbocycles. The van der Waals surface area contributed by atoms with Crippen LogP contribution in [0.3, 0.4) is 0 Å². The summed E-state index contributed by atoms with van der Waals surface area (Å²) in [5.41, 5.74) is 4.64. The Balaban J connectivity index is 1.82. The SMILES string of the molecule is COc1cccc(OCc2n[nH]c(=S)n2/N=C\c2c(C)cc(C)cc2C)c1. The molecule has 0 radical (unpaired) electrons. The van der Waals surface area contributed by atoms with E-state index in [1.165, 1.54) is 16.7 Å². The van der Waals surface area contributed by atoms with Crippen molar-refractivity contribution in [2.24, 2.45) is 5.10 Å². The molecule has 0 fully saturated rings. The molecule has 7 heteroatoms. The van der Waals surface area contributed by atoms with Crippen molar-refractivity contribution in [1.82, 2.24) is 14.9 Å². The van der Waals surface area contributed by atoms with Gasteiger partial charge in [0.2, 0.25) is 4.77 Å². The van der Waals surface area contributed by atoms with Crippen LogP contribution in [-0.4, -0.2) is 28.2 Å². The number of ether oxygens (including phenoxy) is 2. The van der Waals surface area contributed by atoms with Crippen LogP contribution >= 0.6 is 12.2 Å². The Morgan fingerprint density at radius 3 is 2.56 bits per heavy atom. The molecule has 0 aliphatic rings. The van der Waals surface area contributed by atoms with Gasteiger partial charge in [-0.05, 0) is 56.2 Å². The molecule has 0 amide bonds. The van der Waals surface area contributed by atoms with Gasteiger partial charge in [0.1, 0.15) is 18.1 Å². The van der Waals surface area contributed by atoms with Crippen molar-refractivity contribution in [3.05, 3.63) is 69.2 Å². The molecule has 1 aromatic heterocycles. The zero-order valence-electron chi connectivity index (χ0n) is 15.8. The van der Waals surface area contributed by atoms with E-state index in [4.69, 9.17) is 21.7 Å². The van der Waals surface area contributed by atoms with Crippen LogP contribution in [0.5, 0.6) is 11.5 Å². The first-order chi connectivity index (χ1) is 13.0. The molecule has 1 heterocycles. The van der Waals surface area contributed by atoms with E-state index in [9.17, 15) is 0 Å². The summed E-state index contributed by atoms with van der Waals surface area (Å²) in [5, 5.41) is 11.5. The van der Waals surface area contributed by atoms with Gasteiger partial charge < -0.3 is 9.47 Å². The molecule has 0 spiro atoms. The standard InChI is InChI=1S/C20H22N4O2S/c1-13-8-14(2)18(15(3)9-13)11-21-24-19(22-23-20(24)27)12-26-17-7-5-6-16(10-17)25-4/h5-11H,12H2,1-4H3,(H,23,27)/b21-11-. The Kier molecular flexibility index (Phi) is 5.71. The number of aromatic amines is 1. The summed E-state index contributed by atoms with van der Waals surface area (Å²) in [7, 11) is 1.62. The smallest absolute Gasteiger partial charge is 0.216 e. The summed E-state index contributed by atoms with van der Waals surface area (Å²) in [4.78, 5) is 0. The van der Waals surface area contributed by atoms with Gasteiger partial charge in [-0.1, -0.05) is 23.8 Å². The lowest BCUT2D eigenvalue weighted by Gasteiger charge is -2.08. The molecule has 3 rings (SSSR count). The van der Waals surface area contributed by atoms with E-state index in [1.54, 1.807) is 11.8 Å². The van der Waals surface area contributed by atoms with Gasteiger partial charge in [-0.2, -0.15) is 14.9 Å². The molecule has 140 valence electrons. The van der Waals surface area contributed by atoms with Crippen molar-refractivity contribution in [3.63, 3.8) is 0 Å². The Morgan fingerprint density at radius 1 is 1.15 bits per heavy atom. The van der Waals surface area contributed by atoms with E-state index >= 15 is 0 Å². The Bertz CT molecular complexity index is 1010. The summed E-state index contributed by atoms with van der Waals surface area (Å²) in [5.74, 6) is 2.00. The van der Waals surface area contributed by atoms with E-state index in [-0.39, 0.29) is 6.61 Å². The zero-order valence-corrected chi connectivity index (χ0v) is 16.6. The maximum Gasteiger partial charge on any atom is 0.216 e. The van der Waals surface area contributed by atoms with Crippen molar-refractivity contribution < 1.29 is 9.47 Å². The number of hydrogen-bond acceptors (Lipinski definition) is 5. The molecule has 0 saturated heterocycles. The fraction of sp³-hybridized carbons (Fsp3) is 0.250. The van der Waals surface area contributed by atoms with Gasteiger partial charge in [-0.25, -0.2) is 5.10 Å². The van der Waals surface area contributed by atoms with Gasteiger partial charge in [0.25, 0.3) is 0 Å². The van der Waals surface area contributed by atoms with Crippen molar-refractivity contribution in [1.29, 1.82) is 0 Å². The monoisotopic (exact) mass is 382 g/mol. The molecule has 27 heavy (non-hydrogen) atoms. The topological polar surface area (TPSA) is 64.4 Å². The third-order valence-electron chi connectivity index (χ3n) is 4.17. The number of aromatic nitrogens is 3. The number of H-pyrrole nitrogens is 1. The van der Waals surface area contributed by atoms with E-state index in [1.807, 2.05) is 30.5 Å². The second-order valence-electron chi connectivity index (χ2n) is 6.28. The molecule has 0 atom stereocenters. The lowest BCUT2D eigenvalue weighted by molar-refractivity contribution is 0.288. The number of rotatable bonds is 6. The van der Waals surface area contributed by atoms with E-state index < -0.39 is 0 Å². The largest absolute Gasteiger partial charge is 0.497 e. The number of nitrogens with zero attached hydrogens (tertiary/aromatic N) is 3. The van der Waals surface area contributed by atoms with Crippen LogP contribution < -0.4 is 9.47 Å². The molecule has 0 unspecified atom stereocenters. The fourth-order valence-electron chi connectivity index (χ4n) is 2.89. The molecule has 0 aliphatic heterocycles. The van der Waals surface area contributed by atoms with E-state index in [0.29, 0.717) is 16.3 Å². The maximum absolute atomic E-state index is 5.80. The lowest BCUT2D eigenvalue weighted by Crippen LogP contribution is -2.05. The molecular weight excluding hydrogens is 360 g/mol. The number of benzene rings is 2. The number of nitrogens with one attached hydrogen (secondary N) is 1. The minimum Gasteiger partial charge on any atom is -0.497 e. The third kappa shape index (κ3) is 4.43.